The Balaban J connectivity index is 2.84. The average Bonchev–Trinajstić information content (AvgIpc) is 1.98. The van der Waals surface area contributed by atoms with E-state index in [4.69, 9.17) is 10.5 Å². The molecule has 1 aliphatic rings. The van der Waals surface area contributed by atoms with E-state index in [1.165, 1.54) is 7.11 Å². The van der Waals surface area contributed by atoms with Crippen LogP contribution >= 0.6 is 0 Å². The fraction of sp³-hybridized carbons (Fsp3) is 0.909. The topological polar surface area (TPSA) is 52.3 Å². The molecule has 14 heavy (non-hydrogen) atoms. The molecule has 3 nitrogen and oxygen atoms in total. The Morgan fingerprint density at radius 2 is 2.00 bits per heavy atom. The van der Waals surface area contributed by atoms with Gasteiger partial charge in [0, 0.05) is 0 Å². The normalized spacial score (nSPS) is 36.5. The first-order chi connectivity index (χ1) is 6.29. The minimum atomic E-state index is -0.768. The van der Waals surface area contributed by atoms with Crippen molar-refractivity contribution < 1.29 is 9.53 Å². The monoisotopic (exact) mass is 199 g/mol. The minimum Gasteiger partial charge on any atom is -0.468 e. The Hall–Kier alpha value is -0.570. The van der Waals surface area contributed by atoms with Crippen LogP contribution in [0.4, 0.5) is 0 Å². The van der Waals surface area contributed by atoms with Crippen molar-refractivity contribution in [3.63, 3.8) is 0 Å². The summed E-state index contributed by atoms with van der Waals surface area (Å²) in [4.78, 5) is 11.6. The van der Waals surface area contributed by atoms with Gasteiger partial charge in [0.15, 0.2) is 0 Å². The maximum atomic E-state index is 11.6. The molecule has 0 aliphatic heterocycles. The molecule has 1 saturated carbocycles. The lowest BCUT2D eigenvalue weighted by molar-refractivity contribution is -0.151. The second-order valence-electron chi connectivity index (χ2n) is 5.50. The zero-order valence-electron chi connectivity index (χ0n) is 9.59. The van der Waals surface area contributed by atoms with Gasteiger partial charge >= 0.3 is 5.97 Å². The molecule has 1 rings (SSSR count). The second kappa shape index (κ2) is 3.54. The number of carbonyl (C=O) groups is 1. The molecule has 0 saturated heterocycles. The van der Waals surface area contributed by atoms with E-state index in [-0.39, 0.29) is 11.4 Å². The van der Waals surface area contributed by atoms with Gasteiger partial charge in [-0.3, -0.25) is 4.79 Å². The van der Waals surface area contributed by atoms with Gasteiger partial charge < -0.3 is 10.5 Å². The van der Waals surface area contributed by atoms with E-state index in [1.807, 2.05) is 0 Å². The van der Waals surface area contributed by atoms with Crippen LogP contribution in [0.25, 0.3) is 0 Å². The average molecular weight is 199 g/mol. The van der Waals surface area contributed by atoms with Crippen molar-refractivity contribution in [1.82, 2.24) is 0 Å². The molecular formula is C11H21NO2. The standard InChI is InChI=1S/C11H21NO2/c1-8-5-10(2,3)7-11(12,6-8)9(13)14-4/h8H,5-7,12H2,1-4H3. The highest BCUT2D eigenvalue weighted by molar-refractivity contribution is 5.80. The number of carbonyl (C=O) groups excluding carboxylic acids is 1. The van der Waals surface area contributed by atoms with Crippen molar-refractivity contribution in [1.29, 1.82) is 0 Å². The van der Waals surface area contributed by atoms with Gasteiger partial charge in [0.05, 0.1) is 7.11 Å². The molecule has 3 heteroatoms. The molecule has 2 unspecified atom stereocenters. The van der Waals surface area contributed by atoms with Gasteiger partial charge in [-0.2, -0.15) is 0 Å². The molecule has 0 radical (unpaired) electrons. The predicted octanol–water partition coefficient (Wildman–Crippen LogP) is 1.70. The summed E-state index contributed by atoms with van der Waals surface area (Å²) in [5.74, 6) is 0.222. The van der Waals surface area contributed by atoms with Gasteiger partial charge in [-0.1, -0.05) is 20.8 Å². The third-order valence-corrected chi connectivity index (χ3v) is 3.00. The molecule has 0 heterocycles. The van der Waals surface area contributed by atoms with Crippen LogP contribution in [0.3, 0.4) is 0 Å². The van der Waals surface area contributed by atoms with E-state index in [2.05, 4.69) is 20.8 Å². The lowest BCUT2D eigenvalue weighted by Gasteiger charge is -2.43. The zero-order valence-corrected chi connectivity index (χ0v) is 9.59. The molecular weight excluding hydrogens is 178 g/mol. The first-order valence-corrected chi connectivity index (χ1v) is 5.16. The quantitative estimate of drug-likeness (QED) is 0.654. The summed E-state index contributed by atoms with van der Waals surface area (Å²) in [7, 11) is 1.41. The van der Waals surface area contributed by atoms with Gasteiger partial charge in [0.1, 0.15) is 5.54 Å². The Morgan fingerprint density at radius 3 is 2.43 bits per heavy atom. The van der Waals surface area contributed by atoms with Crippen molar-refractivity contribution in [3.05, 3.63) is 0 Å². The summed E-state index contributed by atoms with van der Waals surface area (Å²) < 4.78 is 4.77. The number of ether oxygens (including phenoxy) is 1. The van der Waals surface area contributed by atoms with E-state index in [1.54, 1.807) is 0 Å². The maximum Gasteiger partial charge on any atom is 0.325 e. The van der Waals surface area contributed by atoms with Crippen molar-refractivity contribution in [2.75, 3.05) is 7.11 Å². The summed E-state index contributed by atoms with van der Waals surface area (Å²) in [6.07, 6.45) is 2.59. The summed E-state index contributed by atoms with van der Waals surface area (Å²) >= 11 is 0. The number of rotatable bonds is 1. The largest absolute Gasteiger partial charge is 0.468 e. The van der Waals surface area contributed by atoms with E-state index < -0.39 is 5.54 Å². The number of hydrogen-bond donors (Lipinski definition) is 1. The number of methoxy groups -OCH3 is 1. The van der Waals surface area contributed by atoms with Gasteiger partial charge in [-0.05, 0) is 30.6 Å². The van der Waals surface area contributed by atoms with Gasteiger partial charge in [0.2, 0.25) is 0 Å². The summed E-state index contributed by atoms with van der Waals surface area (Å²) in [5.41, 5.74) is 5.48. The number of esters is 1. The molecule has 0 aromatic rings. The van der Waals surface area contributed by atoms with Crippen LogP contribution in [0.15, 0.2) is 0 Å². The smallest absolute Gasteiger partial charge is 0.325 e. The molecule has 0 amide bonds. The Morgan fingerprint density at radius 1 is 1.43 bits per heavy atom. The Kier molecular flexibility index (Phi) is 2.91. The van der Waals surface area contributed by atoms with Gasteiger partial charge in [0.25, 0.3) is 0 Å². The molecule has 2 atom stereocenters. The summed E-state index contributed by atoms with van der Waals surface area (Å²) in [5, 5.41) is 0. The van der Waals surface area contributed by atoms with Crippen LogP contribution in [0, 0.1) is 11.3 Å². The highest BCUT2D eigenvalue weighted by Crippen LogP contribution is 2.43. The Labute approximate surface area is 86.0 Å². The minimum absolute atomic E-state index is 0.139. The summed E-state index contributed by atoms with van der Waals surface area (Å²) in [6.45, 7) is 6.46. The van der Waals surface area contributed by atoms with Crippen LogP contribution in [-0.4, -0.2) is 18.6 Å². The van der Waals surface area contributed by atoms with E-state index in [0.29, 0.717) is 5.92 Å². The first-order valence-electron chi connectivity index (χ1n) is 5.16. The number of hydrogen-bond acceptors (Lipinski definition) is 3. The second-order valence-corrected chi connectivity index (χ2v) is 5.50. The molecule has 0 spiro atoms. The van der Waals surface area contributed by atoms with E-state index >= 15 is 0 Å². The van der Waals surface area contributed by atoms with E-state index in [0.717, 1.165) is 19.3 Å². The lowest BCUT2D eigenvalue weighted by atomic mass is 9.64. The van der Waals surface area contributed by atoms with Crippen molar-refractivity contribution in [2.45, 2.75) is 45.6 Å². The van der Waals surface area contributed by atoms with E-state index in [9.17, 15) is 4.79 Å². The van der Waals surface area contributed by atoms with Crippen LogP contribution in [0.1, 0.15) is 40.0 Å². The van der Waals surface area contributed by atoms with Crippen molar-refractivity contribution in [2.24, 2.45) is 17.1 Å². The SMILES string of the molecule is COC(=O)C1(N)CC(C)CC(C)(C)C1. The molecule has 1 aliphatic carbocycles. The number of nitrogens with two attached hydrogens (primary N) is 1. The molecule has 0 aromatic heterocycles. The fourth-order valence-electron chi connectivity index (χ4n) is 2.99. The van der Waals surface area contributed by atoms with Crippen molar-refractivity contribution >= 4 is 5.97 Å². The van der Waals surface area contributed by atoms with Crippen LogP contribution in [0.5, 0.6) is 0 Å². The van der Waals surface area contributed by atoms with Crippen LogP contribution in [0.2, 0.25) is 0 Å². The first kappa shape index (κ1) is 11.5. The van der Waals surface area contributed by atoms with Gasteiger partial charge in [-0.15, -0.1) is 0 Å². The maximum absolute atomic E-state index is 11.6. The highest BCUT2D eigenvalue weighted by Gasteiger charge is 2.45. The zero-order chi connectivity index (χ0) is 11.0. The predicted molar refractivity (Wildman–Crippen MR) is 55.7 cm³/mol. The molecule has 2 N–H and O–H groups in total. The van der Waals surface area contributed by atoms with Crippen LogP contribution in [-0.2, 0) is 9.53 Å². The lowest BCUT2D eigenvalue weighted by Crippen LogP contribution is -2.55. The highest BCUT2D eigenvalue weighted by atomic mass is 16.5. The third kappa shape index (κ3) is 2.27. The fourth-order valence-corrected chi connectivity index (χ4v) is 2.99. The van der Waals surface area contributed by atoms with Crippen LogP contribution < -0.4 is 5.73 Å². The van der Waals surface area contributed by atoms with Crippen molar-refractivity contribution in [3.8, 4) is 0 Å². The molecule has 1 fully saturated rings. The third-order valence-electron chi connectivity index (χ3n) is 3.00. The molecule has 0 bridgehead atoms. The summed E-state index contributed by atoms with van der Waals surface area (Å²) in [6, 6.07) is 0. The molecule has 0 aromatic carbocycles. The Bertz CT molecular complexity index is 237. The molecule has 82 valence electrons. The van der Waals surface area contributed by atoms with Gasteiger partial charge in [-0.25, -0.2) is 0 Å².